The van der Waals surface area contributed by atoms with Gasteiger partial charge in [0.1, 0.15) is 0 Å². The number of benzene rings is 2. The van der Waals surface area contributed by atoms with Crippen molar-refractivity contribution < 1.29 is 23.9 Å². The Morgan fingerprint density at radius 2 is 1.62 bits per heavy atom. The number of amides is 3. The van der Waals surface area contributed by atoms with Gasteiger partial charge in [-0.1, -0.05) is 48.0 Å². The van der Waals surface area contributed by atoms with Gasteiger partial charge in [0.05, 0.1) is 6.42 Å². The molecular formula is C22H22N2O5. The summed E-state index contributed by atoms with van der Waals surface area (Å²) in [6, 6.07) is 15.9. The highest BCUT2D eigenvalue weighted by Gasteiger charge is 2.30. The fourth-order valence-corrected chi connectivity index (χ4v) is 3.01. The Morgan fingerprint density at radius 1 is 1.00 bits per heavy atom. The topological polar surface area (TPSA) is 92.8 Å². The number of aryl methyl sites for hydroxylation is 1. The van der Waals surface area contributed by atoms with Crippen LogP contribution in [-0.4, -0.2) is 35.1 Å². The molecule has 3 rings (SSSR count). The summed E-state index contributed by atoms with van der Waals surface area (Å²) in [7, 11) is 0. The van der Waals surface area contributed by atoms with Crippen molar-refractivity contribution in [2.75, 3.05) is 11.9 Å². The molecule has 150 valence electrons. The van der Waals surface area contributed by atoms with Crippen LogP contribution in [0.3, 0.4) is 0 Å². The van der Waals surface area contributed by atoms with Crippen molar-refractivity contribution in [3.63, 3.8) is 0 Å². The number of rotatable bonds is 7. The number of carbonyl (C=O) groups excluding carboxylic acids is 4. The molecule has 0 aromatic heterocycles. The van der Waals surface area contributed by atoms with Crippen LogP contribution < -0.4 is 5.32 Å². The van der Waals surface area contributed by atoms with Crippen LogP contribution in [0, 0.1) is 6.92 Å². The van der Waals surface area contributed by atoms with Crippen LogP contribution in [-0.2, 0) is 23.9 Å². The minimum absolute atomic E-state index is 0.0441. The lowest BCUT2D eigenvalue weighted by molar-refractivity contribution is -0.155. The third-order valence-electron chi connectivity index (χ3n) is 4.60. The highest BCUT2D eigenvalue weighted by atomic mass is 16.5. The number of likely N-dealkylation sites (tertiary alicyclic amines) is 1. The van der Waals surface area contributed by atoms with Gasteiger partial charge in [0.25, 0.3) is 5.91 Å². The van der Waals surface area contributed by atoms with Gasteiger partial charge in [-0.2, -0.15) is 0 Å². The molecule has 0 aliphatic carbocycles. The van der Waals surface area contributed by atoms with E-state index in [1.807, 2.05) is 19.1 Å². The molecule has 1 fully saturated rings. The minimum Gasteiger partial charge on any atom is -0.447 e. The van der Waals surface area contributed by atoms with E-state index in [0.717, 1.165) is 10.5 Å². The number of anilines is 1. The van der Waals surface area contributed by atoms with Crippen LogP contribution in [0.4, 0.5) is 5.69 Å². The predicted octanol–water partition coefficient (Wildman–Crippen LogP) is 2.76. The molecule has 7 heteroatoms. The van der Waals surface area contributed by atoms with Crippen LogP contribution >= 0.6 is 0 Å². The van der Waals surface area contributed by atoms with E-state index in [1.165, 1.54) is 0 Å². The van der Waals surface area contributed by atoms with Gasteiger partial charge in [0, 0.05) is 30.6 Å². The van der Waals surface area contributed by atoms with Gasteiger partial charge in [-0.15, -0.1) is 0 Å². The maximum atomic E-state index is 12.8. The van der Waals surface area contributed by atoms with Gasteiger partial charge in [-0.05, 0) is 19.1 Å². The van der Waals surface area contributed by atoms with Crippen LogP contribution in [0.5, 0.6) is 0 Å². The number of hydrogen-bond acceptors (Lipinski definition) is 5. The number of imide groups is 1. The molecular weight excluding hydrogens is 372 g/mol. The van der Waals surface area contributed by atoms with E-state index in [0.29, 0.717) is 11.3 Å². The van der Waals surface area contributed by atoms with E-state index >= 15 is 0 Å². The molecule has 0 radical (unpaired) electrons. The largest absolute Gasteiger partial charge is 0.447 e. The third kappa shape index (κ3) is 5.28. The zero-order valence-corrected chi connectivity index (χ0v) is 16.1. The van der Waals surface area contributed by atoms with Crippen molar-refractivity contribution in [2.45, 2.75) is 32.3 Å². The van der Waals surface area contributed by atoms with Crippen molar-refractivity contribution in [3.05, 3.63) is 65.7 Å². The zero-order chi connectivity index (χ0) is 20.8. The Balaban J connectivity index is 1.67. The molecule has 3 amide bonds. The second-order valence-electron chi connectivity index (χ2n) is 6.82. The molecule has 0 saturated carbocycles. The molecule has 1 heterocycles. The Bertz CT molecular complexity index is 893. The first-order valence-corrected chi connectivity index (χ1v) is 9.39. The predicted molar refractivity (Wildman–Crippen MR) is 106 cm³/mol. The quantitative estimate of drug-likeness (QED) is 0.576. The monoisotopic (exact) mass is 394 g/mol. The lowest BCUT2D eigenvalue weighted by Crippen LogP contribution is -2.32. The second kappa shape index (κ2) is 9.14. The van der Waals surface area contributed by atoms with Gasteiger partial charge in [-0.25, -0.2) is 0 Å². The lowest BCUT2D eigenvalue weighted by atomic mass is 10.1. The standard InChI is InChI=1S/C22H22N2O5/c1-15-7-9-17(10-8-15)23-22(28)21(16-5-3-2-4-6-16)29-20(27)13-14-24-18(25)11-12-19(24)26/h2-10,21H,11-14H2,1H3,(H,23,28). The summed E-state index contributed by atoms with van der Waals surface area (Å²) >= 11 is 0. The summed E-state index contributed by atoms with van der Waals surface area (Å²) in [5.74, 6) is -1.73. The van der Waals surface area contributed by atoms with Crippen LogP contribution in [0.15, 0.2) is 54.6 Å². The van der Waals surface area contributed by atoms with E-state index < -0.39 is 18.0 Å². The van der Waals surface area contributed by atoms with E-state index in [2.05, 4.69) is 5.32 Å². The molecule has 2 aromatic carbocycles. The van der Waals surface area contributed by atoms with Crippen molar-refractivity contribution in [3.8, 4) is 0 Å². The molecule has 29 heavy (non-hydrogen) atoms. The number of carbonyl (C=O) groups is 4. The number of hydrogen-bond donors (Lipinski definition) is 1. The fraction of sp³-hybridized carbons (Fsp3) is 0.273. The molecule has 0 bridgehead atoms. The smallest absolute Gasteiger partial charge is 0.308 e. The van der Waals surface area contributed by atoms with Gasteiger partial charge in [0.2, 0.25) is 17.9 Å². The molecule has 1 N–H and O–H groups in total. The van der Waals surface area contributed by atoms with E-state index in [1.54, 1.807) is 42.5 Å². The summed E-state index contributed by atoms with van der Waals surface area (Å²) in [6.07, 6.45) is -0.979. The van der Waals surface area contributed by atoms with Crippen molar-refractivity contribution in [1.29, 1.82) is 0 Å². The number of nitrogens with one attached hydrogen (secondary N) is 1. The van der Waals surface area contributed by atoms with Gasteiger partial charge in [-0.3, -0.25) is 24.1 Å². The summed E-state index contributed by atoms with van der Waals surface area (Å²) in [4.78, 5) is 49.5. The molecule has 7 nitrogen and oxygen atoms in total. The first-order valence-electron chi connectivity index (χ1n) is 9.39. The van der Waals surface area contributed by atoms with Gasteiger partial charge in [0.15, 0.2) is 0 Å². The Hall–Kier alpha value is -3.48. The van der Waals surface area contributed by atoms with Crippen LogP contribution in [0.2, 0.25) is 0 Å². The highest BCUT2D eigenvalue weighted by Crippen LogP contribution is 2.21. The van der Waals surface area contributed by atoms with E-state index in [9.17, 15) is 19.2 Å². The average molecular weight is 394 g/mol. The normalized spacial score (nSPS) is 14.6. The Labute approximate surface area is 168 Å². The van der Waals surface area contributed by atoms with E-state index in [4.69, 9.17) is 4.74 Å². The second-order valence-corrected chi connectivity index (χ2v) is 6.82. The van der Waals surface area contributed by atoms with Gasteiger partial charge < -0.3 is 10.1 Å². The first-order chi connectivity index (χ1) is 13.9. The van der Waals surface area contributed by atoms with Crippen LogP contribution in [0.1, 0.15) is 36.5 Å². The van der Waals surface area contributed by atoms with Crippen molar-refractivity contribution in [1.82, 2.24) is 4.90 Å². The summed E-state index contributed by atoms with van der Waals surface area (Å²) in [5.41, 5.74) is 2.17. The molecule has 1 aliphatic rings. The fourth-order valence-electron chi connectivity index (χ4n) is 3.01. The van der Waals surface area contributed by atoms with Crippen molar-refractivity contribution >= 4 is 29.4 Å². The first kappa shape index (κ1) is 20.3. The summed E-state index contributed by atoms with van der Waals surface area (Å²) in [6.45, 7) is 1.90. The minimum atomic E-state index is -1.14. The number of nitrogens with zero attached hydrogens (tertiary/aromatic N) is 1. The SMILES string of the molecule is Cc1ccc(NC(=O)C(OC(=O)CCN2C(=O)CCC2=O)c2ccccc2)cc1. The van der Waals surface area contributed by atoms with Gasteiger partial charge >= 0.3 is 5.97 Å². The van der Waals surface area contributed by atoms with Crippen LogP contribution in [0.25, 0.3) is 0 Å². The number of esters is 1. The maximum Gasteiger partial charge on any atom is 0.308 e. The number of ether oxygens (including phenoxy) is 1. The molecule has 1 saturated heterocycles. The molecule has 0 spiro atoms. The summed E-state index contributed by atoms with van der Waals surface area (Å²) < 4.78 is 5.42. The maximum absolute atomic E-state index is 12.8. The molecule has 1 aliphatic heterocycles. The Morgan fingerprint density at radius 3 is 2.24 bits per heavy atom. The summed E-state index contributed by atoms with van der Waals surface area (Å²) in [5, 5.41) is 2.75. The van der Waals surface area contributed by atoms with E-state index in [-0.39, 0.29) is 37.6 Å². The highest BCUT2D eigenvalue weighted by molar-refractivity contribution is 6.02. The molecule has 2 aromatic rings. The lowest BCUT2D eigenvalue weighted by Gasteiger charge is -2.19. The Kier molecular flexibility index (Phi) is 6.39. The zero-order valence-electron chi connectivity index (χ0n) is 16.1. The van der Waals surface area contributed by atoms with Crippen molar-refractivity contribution in [2.24, 2.45) is 0 Å². The third-order valence-corrected chi connectivity index (χ3v) is 4.60. The average Bonchev–Trinajstić information content (AvgIpc) is 3.04. The molecule has 1 unspecified atom stereocenters. The molecule has 1 atom stereocenters.